The molecule has 0 aliphatic rings. The molecule has 1 rings (SSSR count). The Kier molecular flexibility index (Phi) is 13.7. The standard InChI is InChI=1S/C3HCl2N3.Na.2H2O.H/c4-2-6-1-7-3(5)8-2;;;;/h1H;;2*1H2;. The molecule has 0 aliphatic carbocycles. The second kappa shape index (κ2) is 8.61. The first-order valence-electron chi connectivity index (χ1n) is 1.79. The molecule has 1 aromatic rings. The zero-order valence-corrected chi connectivity index (χ0v) is 6.19. The molecule has 0 unspecified atom stereocenters. The van der Waals surface area contributed by atoms with Crippen LogP contribution in [-0.2, 0) is 0 Å². The van der Waals surface area contributed by atoms with E-state index >= 15 is 0 Å². The Balaban J connectivity index is -0.000000213. The summed E-state index contributed by atoms with van der Waals surface area (Å²) in [5.41, 5.74) is 0. The molecule has 0 atom stereocenters. The number of nitrogens with zero attached hydrogens (tertiary/aromatic N) is 3. The summed E-state index contributed by atoms with van der Waals surface area (Å²) in [5, 5.41) is 0.231. The van der Waals surface area contributed by atoms with E-state index in [0.29, 0.717) is 0 Å². The van der Waals surface area contributed by atoms with Crippen LogP contribution >= 0.6 is 23.2 Å². The number of hydrogen-bond donors (Lipinski definition) is 0. The predicted octanol–water partition coefficient (Wildman–Crippen LogP) is -1.12. The fourth-order valence-electron chi connectivity index (χ4n) is 0.258. The average Bonchev–Trinajstić information content (AvgIpc) is 1.64. The molecule has 0 amide bonds. The second-order valence-corrected chi connectivity index (χ2v) is 1.70. The molecule has 1 heterocycles. The van der Waals surface area contributed by atoms with Crippen molar-refractivity contribution in [2.75, 3.05) is 0 Å². The van der Waals surface area contributed by atoms with Crippen molar-refractivity contribution in [2.45, 2.75) is 0 Å². The fraction of sp³-hybridized carbons (Fsp3) is 0. The molecule has 0 saturated carbocycles. The van der Waals surface area contributed by atoms with Crippen LogP contribution in [0.15, 0.2) is 6.33 Å². The van der Waals surface area contributed by atoms with Crippen molar-refractivity contribution in [3.05, 3.63) is 16.9 Å². The van der Waals surface area contributed by atoms with E-state index in [-0.39, 0.29) is 51.1 Å². The van der Waals surface area contributed by atoms with E-state index in [1.54, 1.807) is 0 Å². The summed E-state index contributed by atoms with van der Waals surface area (Å²) in [5.74, 6) is 0. The van der Waals surface area contributed by atoms with Crippen LogP contribution in [0, 0.1) is 0 Å². The minimum atomic E-state index is 0. The summed E-state index contributed by atoms with van der Waals surface area (Å²) in [6.45, 7) is 0. The van der Waals surface area contributed by atoms with Gasteiger partial charge in [-0.3, -0.25) is 0 Å². The molecule has 0 aromatic carbocycles. The molecule has 0 fully saturated rings. The van der Waals surface area contributed by atoms with Crippen LogP contribution in [0.4, 0.5) is 0 Å². The SMILES string of the molecule is Clc1ncnc(Cl)n1.O.O.[NaH]. The van der Waals surface area contributed by atoms with Gasteiger partial charge in [0.2, 0.25) is 10.6 Å². The molecular weight excluding hydrogens is 204 g/mol. The van der Waals surface area contributed by atoms with Crippen LogP contribution < -0.4 is 0 Å². The molecule has 11 heavy (non-hydrogen) atoms. The summed E-state index contributed by atoms with van der Waals surface area (Å²) < 4.78 is 0. The van der Waals surface area contributed by atoms with E-state index in [1.807, 2.05) is 0 Å². The van der Waals surface area contributed by atoms with E-state index in [4.69, 9.17) is 23.2 Å². The second-order valence-electron chi connectivity index (χ2n) is 1.02. The van der Waals surface area contributed by atoms with Crippen molar-refractivity contribution in [1.29, 1.82) is 0 Å². The summed E-state index contributed by atoms with van der Waals surface area (Å²) in [6, 6.07) is 0. The van der Waals surface area contributed by atoms with Crippen molar-refractivity contribution < 1.29 is 11.0 Å². The summed E-state index contributed by atoms with van der Waals surface area (Å²) >= 11 is 10.6. The molecule has 0 aliphatic heterocycles. The van der Waals surface area contributed by atoms with Gasteiger partial charge in [-0.2, -0.15) is 4.98 Å². The van der Waals surface area contributed by atoms with Crippen LogP contribution in [-0.4, -0.2) is 55.5 Å². The Hall–Kier alpha value is 0.510. The number of aromatic nitrogens is 3. The molecule has 0 bridgehead atoms. The summed E-state index contributed by atoms with van der Waals surface area (Å²) in [6.07, 6.45) is 1.25. The zero-order valence-electron chi connectivity index (χ0n) is 4.67. The van der Waals surface area contributed by atoms with Crippen LogP contribution in [0.1, 0.15) is 0 Å². The predicted molar refractivity (Wildman–Crippen MR) is 44.2 cm³/mol. The van der Waals surface area contributed by atoms with Gasteiger partial charge < -0.3 is 11.0 Å². The van der Waals surface area contributed by atoms with Gasteiger partial charge in [0, 0.05) is 0 Å². The first kappa shape index (κ1) is 17.6. The quantitative estimate of drug-likeness (QED) is 0.506. The van der Waals surface area contributed by atoms with Gasteiger partial charge >= 0.3 is 29.6 Å². The Bertz CT molecular complexity index is 184. The van der Waals surface area contributed by atoms with Crippen LogP contribution in [0.2, 0.25) is 10.6 Å². The molecule has 0 spiro atoms. The number of halogens is 2. The van der Waals surface area contributed by atoms with Crippen LogP contribution in [0.3, 0.4) is 0 Å². The number of rotatable bonds is 0. The molecule has 0 radical (unpaired) electrons. The van der Waals surface area contributed by atoms with Crippen LogP contribution in [0.25, 0.3) is 0 Å². The zero-order chi connectivity index (χ0) is 5.98. The van der Waals surface area contributed by atoms with Gasteiger partial charge in [0.1, 0.15) is 6.33 Å². The molecule has 0 saturated heterocycles. The monoisotopic (exact) mass is 209 g/mol. The van der Waals surface area contributed by atoms with Crippen molar-refractivity contribution in [1.82, 2.24) is 15.0 Å². The van der Waals surface area contributed by atoms with E-state index in [9.17, 15) is 0 Å². The first-order valence-corrected chi connectivity index (χ1v) is 2.54. The topological polar surface area (TPSA) is 102 Å². The molecule has 4 N–H and O–H groups in total. The Labute approximate surface area is 95.1 Å². The molecule has 60 valence electrons. The Morgan fingerprint density at radius 1 is 1.00 bits per heavy atom. The third kappa shape index (κ3) is 6.89. The van der Waals surface area contributed by atoms with Crippen molar-refractivity contribution in [2.24, 2.45) is 0 Å². The fourth-order valence-corrected chi connectivity index (χ4v) is 0.549. The van der Waals surface area contributed by atoms with Gasteiger partial charge in [0.25, 0.3) is 0 Å². The summed E-state index contributed by atoms with van der Waals surface area (Å²) in [7, 11) is 0. The van der Waals surface area contributed by atoms with E-state index in [0.717, 1.165) is 0 Å². The Morgan fingerprint density at radius 3 is 1.55 bits per heavy atom. The maximum absolute atomic E-state index is 5.30. The summed E-state index contributed by atoms with van der Waals surface area (Å²) in [4.78, 5) is 10.5. The molecule has 8 heteroatoms. The third-order valence-electron chi connectivity index (χ3n) is 0.513. The van der Waals surface area contributed by atoms with Gasteiger partial charge in [0.15, 0.2) is 0 Å². The van der Waals surface area contributed by atoms with Crippen molar-refractivity contribution >= 4 is 52.8 Å². The average molecular weight is 210 g/mol. The van der Waals surface area contributed by atoms with Gasteiger partial charge in [-0.1, -0.05) is 0 Å². The van der Waals surface area contributed by atoms with Crippen molar-refractivity contribution in [3.63, 3.8) is 0 Å². The van der Waals surface area contributed by atoms with Gasteiger partial charge in [0.05, 0.1) is 0 Å². The molecule has 1 aromatic heterocycles. The maximum atomic E-state index is 5.30. The van der Waals surface area contributed by atoms with Gasteiger partial charge in [-0.25, -0.2) is 9.97 Å². The number of hydrogen-bond acceptors (Lipinski definition) is 3. The van der Waals surface area contributed by atoms with Crippen LogP contribution in [0.5, 0.6) is 0 Å². The first-order chi connectivity index (χ1) is 3.79. The van der Waals surface area contributed by atoms with Crippen molar-refractivity contribution in [3.8, 4) is 0 Å². The third-order valence-corrected chi connectivity index (χ3v) is 0.877. The van der Waals surface area contributed by atoms with Gasteiger partial charge in [-0.05, 0) is 23.2 Å². The van der Waals surface area contributed by atoms with Gasteiger partial charge in [-0.15, -0.1) is 0 Å². The Morgan fingerprint density at radius 2 is 1.36 bits per heavy atom. The van der Waals surface area contributed by atoms with E-state index in [1.165, 1.54) is 6.33 Å². The minimum absolute atomic E-state index is 0. The van der Waals surface area contributed by atoms with E-state index < -0.39 is 0 Å². The molecular formula is C3H6Cl2N3NaO2. The molecule has 5 nitrogen and oxygen atoms in total. The normalized spacial score (nSPS) is 6.73. The van der Waals surface area contributed by atoms with E-state index in [2.05, 4.69) is 15.0 Å².